The van der Waals surface area contributed by atoms with Crippen molar-refractivity contribution in [1.82, 2.24) is 10.3 Å². The van der Waals surface area contributed by atoms with E-state index in [9.17, 15) is 4.79 Å². The third kappa shape index (κ3) is 3.16. The van der Waals surface area contributed by atoms with Gasteiger partial charge in [-0.25, -0.2) is 0 Å². The normalized spacial score (nSPS) is 11.2. The Bertz CT molecular complexity index is 1140. The maximum Gasteiger partial charge on any atom is 0.287 e. The Morgan fingerprint density at radius 2 is 2.00 bits per heavy atom. The second-order valence-electron chi connectivity index (χ2n) is 6.79. The highest BCUT2D eigenvalue weighted by Gasteiger charge is 2.17. The van der Waals surface area contributed by atoms with Crippen molar-refractivity contribution in [3.05, 3.63) is 65.0 Å². The zero-order valence-electron chi connectivity index (χ0n) is 15.7. The largest absolute Gasteiger partial charge is 0.497 e. The second kappa shape index (κ2) is 6.83. The van der Waals surface area contributed by atoms with Crippen LogP contribution in [0.4, 0.5) is 0 Å². The lowest BCUT2D eigenvalue weighted by atomic mass is 10.1. The van der Waals surface area contributed by atoms with E-state index in [0.717, 1.165) is 50.7 Å². The minimum absolute atomic E-state index is 0.178. The Morgan fingerprint density at radius 3 is 2.81 bits per heavy atom. The number of rotatable bonds is 5. The Balaban J connectivity index is 1.46. The van der Waals surface area contributed by atoms with Crippen LogP contribution in [0.25, 0.3) is 21.9 Å². The Kier molecular flexibility index (Phi) is 4.36. The van der Waals surface area contributed by atoms with Crippen LogP contribution in [0.3, 0.4) is 0 Å². The van der Waals surface area contributed by atoms with Gasteiger partial charge < -0.3 is 19.5 Å². The van der Waals surface area contributed by atoms with Crippen LogP contribution in [0.2, 0.25) is 0 Å². The fourth-order valence-electron chi connectivity index (χ4n) is 3.44. The molecule has 0 aliphatic rings. The summed E-state index contributed by atoms with van der Waals surface area (Å²) >= 11 is 0. The first-order valence-electron chi connectivity index (χ1n) is 8.99. The number of methoxy groups -OCH3 is 1. The topological polar surface area (TPSA) is 67.3 Å². The molecule has 0 radical (unpaired) electrons. The number of amides is 1. The summed E-state index contributed by atoms with van der Waals surface area (Å²) in [7, 11) is 1.65. The molecule has 2 N–H and O–H groups in total. The van der Waals surface area contributed by atoms with Crippen LogP contribution in [-0.4, -0.2) is 24.5 Å². The molecule has 1 amide bonds. The quantitative estimate of drug-likeness (QED) is 0.549. The molecule has 2 heterocycles. The molecule has 0 spiro atoms. The summed E-state index contributed by atoms with van der Waals surface area (Å²) in [5, 5.41) is 5.10. The van der Waals surface area contributed by atoms with E-state index in [-0.39, 0.29) is 5.91 Å². The van der Waals surface area contributed by atoms with E-state index in [2.05, 4.69) is 10.3 Å². The van der Waals surface area contributed by atoms with Gasteiger partial charge in [-0.2, -0.15) is 0 Å². The molecular formula is C22H22N2O3. The molecule has 5 heteroatoms. The number of H-pyrrole nitrogens is 1. The molecule has 0 aliphatic heterocycles. The zero-order chi connectivity index (χ0) is 19.0. The van der Waals surface area contributed by atoms with Crippen LogP contribution in [0.5, 0.6) is 5.75 Å². The number of aryl methyl sites for hydroxylation is 2. The monoisotopic (exact) mass is 362 g/mol. The number of benzene rings is 2. The van der Waals surface area contributed by atoms with Gasteiger partial charge in [-0.15, -0.1) is 0 Å². The van der Waals surface area contributed by atoms with Crippen LogP contribution in [0, 0.1) is 13.8 Å². The summed E-state index contributed by atoms with van der Waals surface area (Å²) in [6.07, 6.45) is 2.71. The zero-order valence-corrected chi connectivity index (χ0v) is 15.7. The van der Waals surface area contributed by atoms with E-state index < -0.39 is 0 Å². The molecule has 4 aromatic rings. The number of nitrogens with one attached hydrogen (secondary N) is 2. The summed E-state index contributed by atoms with van der Waals surface area (Å²) < 4.78 is 11.0. The van der Waals surface area contributed by atoms with Gasteiger partial charge in [0, 0.05) is 40.7 Å². The van der Waals surface area contributed by atoms with E-state index >= 15 is 0 Å². The summed E-state index contributed by atoms with van der Waals surface area (Å²) in [5.74, 6) is 1.03. The molecule has 0 atom stereocenters. The molecule has 0 aliphatic carbocycles. The summed E-state index contributed by atoms with van der Waals surface area (Å²) in [6, 6.07) is 11.9. The van der Waals surface area contributed by atoms with E-state index in [1.54, 1.807) is 7.11 Å². The highest BCUT2D eigenvalue weighted by molar-refractivity contribution is 5.99. The van der Waals surface area contributed by atoms with Crippen molar-refractivity contribution >= 4 is 27.8 Å². The molecule has 27 heavy (non-hydrogen) atoms. The van der Waals surface area contributed by atoms with Crippen LogP contribution in [0.1, 0.15) is 27.2 Å². The third-order valence-electron chi connectivity index (χ3n) is 4.95. The number of hydrogen-bond donors (Lipinski definition) is 2. The molecule has 0 saturated heterocycles. The average molecular weight is 362 g/mol. The number of aromatic nitrogens is 1. The lowest BCUT2D eigenvalue weighted by molar-refractivity contribution is 0.0928. The van der Waals surface area contributed by atoms with Gasteiger partial charge in [-0.1, -0.05) is 11.6 Å². The third-order valence-corrected chi connectivity index (χ3v) is 4.95. The van der Waals surface area contributed by atoms with Crippen LogP contribution < -0.4 is 10.1 Å². The van der Waals surface area contributed by atoms with Crippen LogP contribution in [-0.2, 0) is 6.42 Å². The number of carbonyl (C=O) groups excluding carboxylic acids is 1. The molecule has 2 aromatic carbocycles. The lowest BCUT2D eigenvalue weighted by Gasteiger charge is -2.04. The van der Waals surface area contributed by atoms with Gasteiger partial charge in [0.1, 0.15) is 11.3 Å². The summed E-state index contributed by atoms with van der Waals surface area (Å²) in [6.45, 7) is 4.49. The number of ether oxygens (including phenoxy) is 1. The molecule has 0 unspecified atom stereocenters. The second-order valence-corrected chi connectivity index (χ2v) is 6.79. The molecule has 4 rings (SSSR count). The first-order valence-corrected chi connectivity index (χ1v) is 8.99. The number of fused-ring (bicyclic) bond motifs is 2. The standard InChI is InChI=1S/C22H22N2O3/c1-13-4-7-20-18(10-13)14(2)21(27-20)22(25)23-9-8-15-12-24-19-11-16(26-3)5-6-17(15)19/h4-7,10-12,24H,8-9H2,1-3H3,(H,23,25). The molecule has 138 valence electrons. The van der Waals surface area contributed by atoms with Crippen LogP contribution in [0.15, 0.2) is 47.0 Å². The number of aromatic amines is 1. The minimum atomic E-state index is -0.178. The van der Waals surface area contributed by atoms with Gasteiger partial charge in [-0.05, 0) is 50.1 Å². The van der Waals surface area contributed by atoms with Gasteiger partial charge in [0.05, 0.1) is 7.11 Å². The molecule has 2 aromatic heterocycles. The first kappa shape index (κ1) is 17.2. The number of furan rings is 1. The summed E-state index contributed by atoms with van der Waals surface area (Å²) in [5.41, 5.74) is 4.96. The van der Waals surface area contributed by atoms with Crippen molar-refractivity contribution in [2.24, 2.45) is 0 Å². The van der Waals surface area contributed by atoms with Gasteiger partial charge in [0.25, 0.3) is 5.91 Å². The maximum atomic E-state index is 12.6. The first-order chi connectivity index (χ1) is 13.1. The maximum absolute atomic E-state index is 12.6. The SMILES string of the molecule is COc1ccc2c(CCNC(=O)c3oc4ccc(C)cc4c3C)c[nH]c2c1. The van der Waals surface area contributed by atoms with Crippen molar-refractivity contribution in [3.63, 3.8) is 0 Å². The van der Waals surface area contributed by atoms with E-state index in [4.69, 9.17) is 9.15 Å². The fraction of sp³-hybridized carbons (Fsp3) is 0.227. The van der Waals surface area contributed by atoms with Crippen molar-refractivity contribution in [1.29, 1.82) is 0 Å². The van der Waals surface area contributed by atoms with E-state index in [0.29, 0.717) is 12.3 Å². The molecule has 0 bridgehead atoms. The average Bonchev–Trinajstić information content (AvgIpc) is 3.22. The minimum Gasteiger partial charge on any atom is -0.497 e. The molecule has 0 fully saturated rings. The van der Waals surface area contributed by atoms with Crippen LogP contribution >= 0.6 is 0 Å². The highest BCUT2D eigenvalue weighted by atomic mass is 16.5. The molecular weight excluding hydrogens is 340 g/mol. The highest BCUT2D eigenvalue weighted by Crippen LogP contribution is 2.26. The van der Waals surface area contributed by atoms with Gasteiger partial charge in [0.15, 0.2) is 5.76 Å². The number of carbonyl (C=O) groups is 1. The van der Waals surface area contributed by atoms with E-state index in [1.165, 1.54) is 0 Å². The number of hydrogen-bond acceptors (Lipinski definition) is 3. The van der Waals surface area contributed by atoms with Gasteiger partial charge in [0.2, 0.25) is 0 Å². The Hall–Kier alpha value is -3.21. The van der Waals surface area contributed by atoms with Gasteiger partial charge >= 0.3 is 0 Å². The van der Waals surface area contributed by atoms with Crippen molar-refractivity contribution < 1.29 is 13.9 Å². The summed E-state index contributed by atoms with van der Waals surface area (Å²) in [4.78, 5) is 15.8. The predicted octanol–water partition coefficient (Wildman–Crippen LogP) is 4.51. The Morgan fingerprint density at radius 1 is 1.15 bits per heavy atom. The predicted molar refractivity (Wildman–Crippen MR) is 107 cm³/mol. The van der Waals surface area contributed by atoms with Gasteiger partial charge in [-0.3, -0.25) is 4.79 Å². The molecule has 0 saturated carbocycles. The lowest BCUT2D eigenvalue weighted by Crippen LogP contribution is -2.25. The smallest absolute Gasteiger partial charge is 0.287 e. The van der Waals surface area contributed by atoms with Crippen molar-refractivity contribution in [2.75, 3.05) is 13.7 Å². The molecule has 5 nitrogen and oxygen atoms in total. The fourth-order valence-corrected chi connectivity index (χ4v) is 3.44. The Labute approximate surface area is 157 Å². The van der Waals surface area contributed by atoms with Crippen molar-refractivity contribution in [2.45, 2.75) is 20.3 Å². The van der Waals surface area contributed by atoms with Crippen molar-refractivity contribution in [3.8, 4) is 5.75 Å². The van der Waals surface area contributed by atoms with E-state index in [1.807, 2.05) is 56.4 Å².